The van der Waals surface area contributed by atoms with Gasteiger partial charge in [0.25, 0.3) is 0 Å². The van der Waals surface area contributed by atoms with E-state index in [9.17, 15) is 13.2 Å². The Labute approximate surface area is 85.7 Å². The van der Waals surface area contributed by atoms with E-state index < -0.39 is 16.9 Å². The van der Waals surface area contributed by atoms with Gasteiger partial charge in [0, 0.05) is 10.7 Å². The van der Waals surface area contributed by atoms with Gasteiger partial charge >= 0.3 is 6.18 Å². The van der Waals surface area contributed by atoms with Gasteiger partial charge in [-0.1, -0.05) is 11.6 Å². The predicted molar refractivity (Wildman–Crippen MR) is 47.1 cm³/mol. The summed E-state index contributed by atoms with van der Waals surface area (Å²) in [6.07, 6.45) is -2.46. The normalized spacial score (nSPS) is 29.1. The van der Waals surface area contributed by atoms with Crippen molar-refractivity contribution >= 4 is 27.5 Å². The summed E-state index contributed by atoms with van der Waals surface area (Å²) in [5, 5.41) is 0.123. The maximum atomic E-state index is 12.3. The predicted octanol–water partition coefficient (Wildman–Crippen LogP) is 2.17. The molecule has 2 nitrogen and oxygen atoms in total. The van der Waals surface area contributed by atoms with E-state index in [1.165, 1.54) is 6.20 Å². The monoisotopic (exact) mass is 276 g/mol. The SMILES string of the molecule is NC1(Cl)NC=C(Br)C=C1C(F)(F)F. The van der Waals surface area contributed by atoms with Crippen molar-refractivity contribution in [2.75, 3.05) is 0 Å². The molecule has 0 aromatic rings. The van der Waals surface area contributed by atoms with Crippen molar-refractivity contribution in [3.8, 4) is 0 Å². The van der Waals surface area contributed by atoms with Crippen LogP contribution in [0.3, 0.4) is 0 Å². The smallest absolute Gasteiger partial charge is 0.356 e. The quantitative estimate of drug-likeness (QED) is 0.526. The van der Waals surface area contributed by atoms with E-state index in [1.807, 2.05) is 0 Å². The summed E-state index contributed by atoms with van der Waals surface area (Å²) in [5.41, 5.74) is 4.14. The molecule has 74 valence electrons. The lowest BCUT2D eigenvalue weighted by Crippen LogP contribution is -2.52. The van der Waals surface area contributed by atoms with Gasteiger partial charge in [0.2, 0.25) is 0 Å². The number of alkyl halides is 4. The van der Waals surface area contributed by atoms with Crippen molar-refractivity contribution in [3.63, 3.8) is 0 Å². The molecule has 1 aliphatic heterocycles. The fourth-order valence-corrected chi connectivity index (χ4v) is 1.38. The van der Waals surface area contributed by atoms with Crippen molar-refractivity contribution in [1.82, 2.24) is 5.32 Å². The molecule has 0 radical (unpaired) electrons. The Morgan fingerprint density at radius 2 is 2.08 bits per heavy atom. The summed E-state index contributed by atoms with van der Waals surface area (Å²) in [5.74, 6) is 0. The molecule has 7 heteroatoms. The number of hydrogen-bond donors (Lipinski definition) is 2. The van der Waals surface area contributed by atoms with Gasteiger partial charge in [-0.05, 0) is 22.0 Å². The Morgan fingerprint density at radius 1 is 1.54 bits per heavy atom. The highest BCUT2D eigenvalue weighted by molar-refractivity contribution is 9.11. The van der Waals surface area contributed by atoms with Crippen LogP contribution in [-0.2, 0) is 0 Å². The fraction of sp³-hybridized carbons (Fsp3) is 0.333. The minimum Gasteiger partial charge on any atom is -0.356 e. The molecule has 0 saturated carbocycles. The van der Waals surface area contributed by atoms with E-state index in [4.69, 9.17) is 17.3 Å². The fourth-order valence-electron chi connectivity index (χ4n) is 0.824. The van der Waals surface area contributed by atoms with Crippen molar-refractivity contribution in [1.29, 1.82) is 0 Å². The summed E-state index contributed by atoms with van der Waals surface area (Å²) < 4.78 is 37.1. The summed E-state index contributed by atoms with van der Waals surface area (Å²) in [7, 11) is 0. The van der Waals surface area contributed by atoms with Crippen LogP contribution in [0.4, 0.5) is 13.2 Å². The van der Waals surface area contributed by atoms with Crippen LogP contribution >= 0.6 is 27.5 Å². The topological polar surface area (TPSA) is 38.0 Å². The molecule has 1 heterocycles. The van der Waals surface area contributed by atoms with Gasteiger partial charge in [-0.3, -0.25) is 5.73 Å². The molecule has 1 rings (SSSR count). The second-order valence-corrected chi connectivity index (χ2v) is 3.95. The Kier molecular flexibility index (Phi) is 2.66. The van der Waals surface area contributed by atoms with Crippen LogP contribution < -0.4 is 11.1 Å². The van der Waals surface area contributed by atoms with Crippen molar-refractivity contribution in [3.05, 3.63) is 22.3 Å². The minimum atomic E-state index is -4.54. The van der Waals surface area contributed by atoms with E-state index in [2.05, 4.69) is 21.2 Å². The molecule has 1 unspecified atom stereocenters. The van der Waals surface area contributed by atoms with Crippen LogP contribution in [-0.4, -0.2) is 11.3 Å². The molecule has 1 atom stereocenters. The Hall–Kier alpha value is -0.200. The Bertz CT molecular complexity index is 282. The van der Waals surface area contributed by atoms with Gasteiger partial charge in [0.1, 0.15) is 0 Å². The van der Waals surface area contributed by atoms with Gasteiger partial charge in [0.05, 0.1) is 5.57 Å². The summed E-state index contributed by atoms with van der Waals surface area (Å²) in [6.45, 7) is 0. The van der Waals surface area contributed by atoms with Crippen molar-refractivity contribution in [2.24, 2.45) is 5.73 Å². The maximum absolute atomic E-state index is 12.3. The van der Waals surface area contributed by atoms with Gasteiger partial charge < -0.3 is 5.32 Å². The summed E-state index contributed by atoms with van der Waals surface area (Å²) in [6, 6.07) is 0. The zero-order valence-corrected chi connectivity index (χ0v) is 8.46. The van der Waals surface area contributed by atoms with Crippen LogP contribution in [0, 0.1) is 0 Å². The number of halogens is 5. The highest BCUT2D eigenvalue weighted by Crippen LogP contribution is 2.37. The molecule has 0 spiro atoms. The molecular formula is C6H5BrClF3N2. The van der Waals surface area contributed by atoms with Crippen LogP contribution in [0.25, 0.3) is 0 Å². The Balaban J connectivity index is 3.09. The highest BCUT2D eigenvalue weighted by atomic mass is 79.9. The number of nitrogens with two attached hydrogens (primary N) is 1. The lowest BCUT2D eigenvalue weighted by atomic mass is 10.1. The van der Waals surface area contributed by atoms with Crippen LogP contribution in [0.5, 0.6) is 0 Å². The average molecular weight is 277 g/mol. The summed E-state index contributed by atoms with van der Waals surface area (Å²) >= 11 is 8.28. The number of dihydropyridines is 1. The molecule has 1 aliphatic rings. The summed E-state index contributed by atoms with van der Waals surface area (Å²) in [4.78, 5) is 0. The highest BCUT2D eigenvalue weighted by Gasteiger charge is 2.46. The largest absolute Gasteiger partial charge is 0.417 e. The van der Waals surface area contributed by atoms with Gasteiger partial charge in [-0.15, -0.1) is 0 Å². The second kappa shape index (κ2) is 3.18. The molecular weight excluding hydrogens is 272 g/mol. The second-order valence-electron chi connectivity index (χ2n) is 2.44. The molecule has 13 heavy (non-hydrogen) atoms. The number of allylic oxidation sites excluding steroid dienone is 2. The lowest BCUT2D eigenvalue weighted by Gasteiger charge is -2.30. The van der Waals surface area contributed by atoms with Crippen LogP contribution in [0.2, 0.25) is 0 Å². The van der Waals surface area contributed by atoms with Crippen molar-refractivity contribution < 1.29 is 13.2 Å². The van der Waals surface area contributed by atoms with Crippen LogP contribution in [0.1, 0.15) is 0 Å². The third kappa shape index (κ3) is 2.38. The first-order valence-electron chi connectivity index (χ1n) is 3.14. The van der Waals surface area contributed by atoms with Gasteiger partial charge in [0.15, 0.2) is 5.12 Å². The number of nitrogens with one attached hydrogen (secondary N) is 1. The van der Waals surface area contributed by atoms with Gasteiger partial charge in [-0.2, -0.15) is 13.2 Å². The van der Waals surface area contributed by atoms with E-state index in [1.54, 1.807) is 0 Å². The van der Waals surface area contributed by atoms with Crippen molar-refractivity contribution in [2.45, 2.75) is 11.3 Å². The third-order valence-electron chi connectivity index (χ3n) is 1.40. The third-order valence-corrected chi connectivity index (χ3v) is 2.17. The van der Waals surface area contributed by atoms with Crippen LogP contribution in [0.15, 0.2) is 22.3 Å². The first-order chi connectivity index (χ1) is 5.73. The molecule has 3 N–H and O–H groups in total. The standard InChI is InChI=1S/C6H5BrClF3N2/c7-3-1-4(6(9,10)11)5(8,12)13-2-3/h1-2,13H,12H2. The van der Waals surface area contributed by atoms with E-state index >= 15 is 0 Å². The molecule has 0 fully saturated rings. The molecule has 0 aliphatic carbocycles. The number of hydrogen-bond acceptors (Lipinski definition) is 2. The van der Waals surface area contributed by atoms with E-state index in [0.717, 1.165) is 6.08 Å². The zero-order chi connectivity index (χ0) is 10.3. The molecule has 0 aromatic heterocycles. The lowest BCUT2D eigenvalue weighted by molar-refractivity contribution is -0.0981. The molecule has 0 saturated heterocycles. The first kappa shape index (κ1) is 10.9. The Morgan fingerprint density at radius 3 is 2.46 bits per heavy atom. The molecule has 0 bridgehead atoms. The van der Waals surface area contributed by atoms with Gasteiger partial charge in [-0.25, -0.2) is 0 Å². The maximum Gasteiger partial charge on any atom is 0.417 e. The zero-order valence-electron chi connectivity index (χ0n) is 6.12. The average Bonchev–Trinajstić information content (AvgIpc) is 1.92. The van der Waals surface area contributed by atoms with E-state index in [0.29, 0.717) is 0 Å². The first-order valence-corrected chi connectivity index (χ1v) is 4.31. The number of rotatable bonds is 0. The minimum absolute atomic E-state index is 0.238. The molecule has 0 amide bonds. The van der Waals surface area contributed by atoms with E-state index in [-0.39, 0.29) is 4.48 Å². The molecule has 0 aromatic carbocycles.